The normalized spacial score (nSPS) is 14.1. The average molecular weight is 370 g/mol. The number of hydrogen-bond acceptors (Lipinski definition) is 7. The van der Waals surface area contributed by atoms with Gasteiger partial charge in [0.2, 0.25) is 5.91 Å². The lowest BCUT2D eigenvalue weighted by Gasteiger charge is -2.10. The van der Waals surface area contributed by atoms with E-state index in [2.05, 4.69) is 25.4 Å². The highest BCUT2D eigenvalue weighted by molar-refractivity contribution is 7.18. The fourth-order valence-corrected chi connectivity index (χ4v) is 3.87. The van der Waals surface area contributed by atoms with Gasteiger partial charge in [-0.25, -0.2) is 19.6 Å². The Labute approximate surface area is 153 Å². The number of thiazole rings is 1. The minimum Gasteiger partial charge on any atom is -0.309 e. The summed E-state index contributed by atoms with van der Waals surface area (Å²) in [6, 6.07) is 1.59. The van der Waals surface area contributed by atoms with E-state index in [4.69, 9.17) is 0 Å². The van der Waals surface area contributed by atoms with E-state index in [1.807, 2.05) is 13.8 Å². The Hall–Kier alpha value is -2.68. The zero-order chi connectivity index (χ0) is 18.3. The molecule has 1 saturated carbocycles. The van der Waals surface area contributed by atoms with Gasteiger partial charge in [0, 0.05) is 12.1 Å². The molecule has 0 radical (unpaired) electrons. The highest BCUT2D eigenvalue weighted by Crippen LogP contribution is 2.43. The monoisotopic (exact) mass is 370 g/mol. The average Bonchev–Trinajstić information content (AvgIpc) is 3.37. The molecule has 1 aliphatic carbocycles. The number of rotatable bonds is 5. The fraction of sp³-hybridized carbons (Fsp3) is 0.412. The van der Waals surface area contributed by atoms with E-state index in [1.54, 1.807) is 6.07 Å². The van der Waals surface area contributed by atoms with E-state index in [-0.39, 0.29) is 23.9 Å². The second kappa shape index (κ2) is 6.56. The van der Waals surface area contributed by atoms with Crippen LogP contribution in [0.15, 0.2) is 23.4 Å². The Balaban J connectivity index is 1.69. The molecule has 3 aromatic rings. The number of nitrogens with one attached hydrogen (secondary N) is 1. The highest BCUT2D eigenvalue weighted by Gasteiger charge is 2.29. The Morgan fingerprint density at radius 1 is 1.42 bits per heavy atom. The van der Waals surface area contributed by atoms with Gasteiger partial charge in [-0.1, -0.05) is 13.8 Å². The van der Waals surface area contributed by atoms with Crippen molar-refractivity contribution in [2.45, 2.75) is 45.1 Å². The van der Waals surface area contributed by atoms with Crippen LogP contribution in [0.25, 0.3) is 10.2 Å². The molecule has 0 spiro atoms. The van der Waals surface area contributed by atoms with Crippen molar-refractivity contribution >= 4 is 33.3 Å². The smallest absolute Gasteiger partial charge is 0.286 e. The van der Waals surface area contributed by atoms with Crippen LogP contribution in [0.1, 0.15) is 49.2 Å². The maximum atomic E-state index is 12.8. The third-order valence-electron chi connectivity index (χ3n) is 4.16. The first-order chi connectivity index (χ1) is 12.5. The molecule has 0 aliphatic heterocycles. The van der Waals surface area contributed by atoms with E-state index in [1.165, 1.54) is 28.5 Å². The Morgan fingerprint density at radius 2 is 2.23 bits per heavy atom. The number of anilines is 1. The first kappa shape index (κ1) is 16.8. The van der Waals surface area contributed by atoms with Gasteiger partial charge >= 0.3 is 0 Å². The van der Waals surface area contributed by atoms with E-state index < -0.39 is 0 Å². The van der Waals surface area contributed by atoms with Crippen molar-refractivity contribution < 1.29 is 4.79 Å². The summed E-state index contributed by atoms with van der Waals surface area (Å²) in [5, 5.41) is 8.08. The van der Waals surface area contributed by atoms with Gasteiger partial charge in [0.15, 0.2) is 0 Å². The molecule has 9 heteroatoms. The van der Waals surface area contributed by atoms with Crippen molar-refractivity contribution in [1.82, 2.24) is 24.7 Å². The second-order valence-electron chi connectivity index (χ2n) is 6.65. The van der Waals surface area contributed by atoms with E-state index in [9.17, 15) is 9.59 Å². The number of fused-ring (bicyclic) bond motifs is 1. The van der Waals surface area contributed by atoms with Crippen LogP contribution >= 0.6 is 11.3 Å². The molecule has 8 nitrogen and oxygen atoms in total. The molecular formula is C17H18N6O2S. The first-order valence-electron chi connectivity index (χ1n) is 8.50. The largest absolute Gasteiger partial charge is 0.309 e. The summed E-state index contributed by atoms with van der Waals surface area (Å²) in [5.41, 5.74) is 1.16. The Kier molecular flexibility index (Phi) is 4.23. The molecule has 134 valence electrons. The van der Waals surface area contributed by atoms with E-state index in [0.717, 1.165) is 23.5 Å². The van der Waals surface area contributed by atoms with Crippen LogP contribution in [0.2, 0.25) is 0 Å². The highest BCUT2D eigenvalue weighted by atomic mass is 32.1. The zero-order valence-corrected chi connectivity index (χ0v) is 15.3. The number of carbonyl (C=O) groups is 1. The van der Waals surface area contributed by atoms with Crippen molar-refractivity contribution in [1.29, 1.82) is 0 Å². The van der Waals surface area contributed by atoms with Gasteiger partial charge < -0.3 is 5.32 Å². The predicted octanol–water partition coefficient (Wildman–Crippen LogP) is 2.28. The molecule has 26 heavy (non-hydrogen) atoms. The third-order valence-corrected chi connectivity index (χ3v) is 5.37. The van der Waals surface area contributed by atoms with Crippen LogP contribution in [-0.2, 0) is 11.3 Å². The lowest BCUT2D eigenvalue weighted by Crippen LogP contribution is -2.30. The quantitative estimate of drug-likeness (QED) is 0.739. The summed E-state index contributed by atoms with van der Waals surface area (Å²) in [6.07, 6.45) is 5.13. The molecule has 1 aliphatic rings. The standard InChI is InChI=1S/C17H18N6O2S/c1-9(2)13-14-15(26-16(21-14)10-3-4-10)17(25)23(22-13)7-12(24)20-11-5-6-18-8-19-11/h5-6,8-10H,3-4,7H2,1-2H3,(H,18,19,20,24). The van der Waals surface area contributed by atoms with Crippen LogP contribution in [0.5, 0.6) is 0 Å². The summed E-state index contributed by atoms with van der Waals surface area (Å²) in [7, 11) is 0. The van der Waals surface area contributed by atoms with Crippen molar-refractivity contribution in [2.24, 2.45) is 0 Å². The fourth-order valence-electron chi connectivity index (χ4n) is 2.68. The predicted molar refractivity (Wildman–Crippen MR) is 98.4 cm³/mol. The molecule has 4 rings (SSSR count). The van der Waals surface area contributed by atoms with Gasteiger partial charge in [-0.2, -0.15) is 5.10 Å². The molecule has 0 atom stereocenters. The number of carbonyl (C=O) groups excluding carboxylic acids is 1. The Bertz CT molecular complexity index is 1020. The van der Waals surface area contributed by atoms with Gasteiger partial charge in [0.1, 0.15) is 28.9 Å². The molecule has 0 saturated heterocycles. The Morgan fingerprint density at radius 3 is 2.88 bits per heavy atom. The summed E-state index contributed by atoms with van der Waals surface area (Å²) < 4.78 is 1.81. The van der Waals surface area contributed by atoms with Crippen molar-refractivity contribution in [3.63, 3.8) is 0 Å². The van der Waals surface area contributed by atoms with Crippen LogP contribution in [0.4, 0.5) is 5.82 Å². The van der Waals surface area contributed by atoms with E-state index in [0.29, 0.717) is 22.0 Å². The van der Waals surface area contributed by atoms with Gasteiger partial charge in [0.25, 0.3) is 5.56 Å². The van der Waals surface area contributed by atoms with Gasteiger partial charge in [-0.15, -0.1) is 11.3 Å². The minimum atomic E-state index is -0.362. The maximum absolute atomic E-state index is 12.8. The molecule has 3 heterocycles. The third kappa shape index (κ3) is 3.22. The molecule has 0 unspecified atom stereocenters. The first-order valence-corrected chi connectivity index (χ1v) is 9.32. The molecule has 1 amide bonds. The number of aromatic nitrogens is 5. The molecular weight excluding hydrogens is 352 g/mol. The molecule has 1 fully saturated rings. The van der Waals surface area contributed by atoms with E-state index >= 15 is 0 Å². The summed E-state index contributed by atoms with van der Waals surface area (Å²) >= 11 is 1.43. The SMILES string of the molecule is CC(C)c1nn(CC(=O)Nc2ccncn2)c(=O)c2sc(C3CC3)nc12. The topological polar surface area (TPSA) is 103 Å². The minimum absolute atomic E-state index is 0.100. The maximum Gasteiger partial charge on any atom is 0.286 e. The molecule has 3 aromatic heterocycles. The van der Waals surface area contributed by atoms with Gasteiger partial charge in [-0.3, -0.25) is 9.59 Å². The van der Waals surface area contributed by atoms with Crippen molar-refractivity contribution in [2.75, 3.05) is 5.32 Å². The lowest BCUT2D eigenvalue weighted by atomic mass is 10.1. The van der Waals surface area contributed by atoms with Crippen LogP contribution in [0, 0.1) is 0 Å². The number of nitrogens with zero attached hydrogens (tertiary/aromatic N) is 5. The van der Waals surface area contributed by atoms with Gasteiger partial charge in [0.05, 0.1) is 10.7 Å². The zero-order valence-electron chi connectivity index (χ0n) is 14.5. The number of hydrogen-bond donors (Lipinski definition) is 1. The lowest BCUT2D eigenvalue weighted by molar-refractivity contribution is -0.117. The molecule has 0 bridgehead atoms. The number of amides is 1. The van der Waals surface area contributed by atoms with Crippen LogP contribution in [-0.4, -0.2) is 30.6 Å². The van der Waals surface area contributed by atoms with Crippen molar-refractivity contribution in [3.05, 3.63) is 39.6 Å². The summed E-state index contributed by atoms with van der Waals surface area (Å²) in [5.74, 6) is 0.598. The van der Waals surface area contributed by atoms with Crippen LogP contribution < -0.4 is 10.9 Å². The molecule has 0 aromatic carbocycles. The molecule has 1 N–H and O–H groups in total. The summed E-state index contributed by atoms with van der Waals surface area (Å²) in [6.45, 7) is 3.84. The van der Waals surface area contributed by atoms with Crippen LogP contribution in [0.3, 0.4) is 0 Å². The summed E-state index contributed by atoms with van der Waals surface area (Å²) in [4.78, 5) is 37.5. The second-order valence-corrected chi connectivity index (χ2v) is 7.68. The van der Waals surface area contributed by atoms with Gasteiger partial charge in [-0.05, 0) is 24.8 Å². The van der Waals surface area contributed by atoms with Crippen molar-refractivity contribution in [3.8, 4) is 0 Å².